The molecule has 5 heteroatoms. The van der Waals surface area contributed by atoms with Crippen LogP contribution in [0, 0.1) is 0 Å². The number of nitrogen functional groups attached to an aromatic ring is 2. The third-order valence-corrected chi connectivity index (χ3v) is 2.24. The Hall–Kier alpha value is -1.02. The van der Waals surface area contributed by atoms with Crippen molar-refractivity contribution in [3.05, 3.63) is 12.1 Å². The van der Waals surface area contributed by atoms with Gasteiger partial charge in [0.2, 0.25) is 0 Å². The Labute approximate surface area is 70.1 Å². The molecule has 1 aromatic carbocycles. The van der Waals surface area contributed by atoms with Crippen molar-refractivity contribution in [3.8, 4) is 5.75 Å². The summed E-state index contributed by atoms with van der Waals surface area (Å²) in [6.07, 6.45) is 0. The maximum atomic E-state index is 10.4. The van der Waals surface area contributed by atoms with Gasteiger partial charge in [-0.1, -0.05) is 0 Å². The van der Waals surface area contributed by atoms with Crippen molar-refractivity contribution in [3.63, 3.8) is 0 Å². The molecular formula is C6H7AsN2O2. The summed E-state index contributed by atoms with van der Waals surface area (Å²) in [4.78, 5) is 0. The van der Waals surface area contributed by atoms with Crippen LogP contribution in [0.4, 0.5) is 11.4 Å². The third-order valence-electron chi connectivity index (χ3n) is 1.26. The van der Waals surface area contributed by atoms with E-state index in [1.807, 2.05) is 0 Å². The van der Waals surface area contributed by atoms with E-state index in [1.54, 1.807) is 0 Å². The molecule has 1 aromatic rings. The Kier molecular flexibility index (Phi) is 2.15. The summed E-state index contributed by atoms with van der Waals surface area (Å²) >= 11 is -1.13. The Balaban J connectivity index is 3.31. The zero-order valence-corrected chi connectivity index (χ0v) is 7.49. The monoisotopic (exact) mass is 214 g/mol. The average Bonchev–Trinajstić information content (AvgIpc) is 1.99. The average molecular weight is 214 g/mol. The van der Waals surface area contributed by atoms with Crippen molar-refractivity contribution < 1.29 is 8.85 Å². The van der Waals surface area contributed by atoms with Crippen LogP contribution in [0.2, 0.25) is 0 Å². The number of anilines is 2. The van der Waals surface area contributed by atoms with E-state index in [0.717, 1.165) is 0 Å². The number of phenols is 1. The van der Waals surface area contributed by atoms with E-state index in [-0.39, 0.29) is 17.1 Å². The van der Waals surface area contributed by atoms with E-state index in [1.165, 1.54) is 12.1 Å². The second-order valence-corrected chi connectivity index (χ2v) is 3.53. The molecule has 1 rings (SSSR count). The predicted molar refractivity (Wildman–Crippen MR) is 43.0 cm³/mol. The van der Waals surface area contributed by atoms with Crippen molar-refractivity contribution in [2.75, 3.05) is 11.5 Å². The van der Waals surface area contributed by atoms with Crippen LogP contribution in [0.25, 0.3) is 0 Å². The molecule has 0 bridgehead atoms. The van der Waals surface area contributed by atoms with Gasteiger partial charge in [-0.2, -0.15) is 0 Å². The van der Waals surface area contributed by atoms with Gasteiger partial charge in [-0.05, 0) is 0 Å². The van der Waals surface area contributed by atoms with E-state index in [2.05, 4.69) is 0 Å². The molecule has 0 aliphatic rings. The van der Waals surface area contributed by atoms with Crippen LogP contribution in [0.15, 0.2) is 12.1 Å². The molecule has 5 N–H and O–H groups in total. The SMILES string of the molecule is Nc1cc([As]=O)cc(N)c1O. The topological polar surface area (TPSA) is 89.3 Å². The Morgan fingerprint density at radius 3 is 2.09 bits per heavy atom. The van der Waals surface area contributed by atoms with Gasteiger partial charge in [0, 0.05) is 0 Å². The summed E-state index contributed by atoms with van der Waals surface area (Å²) in [5, 5.41) is 9.08. The van der Waals surface area contributed by atoms with Gasteiger partial charge in [0.05, 0.1) is 0 Å². The van der Waals surface area contributed by atoms with Crippen LogP contribution in [0.3, 0.4) is 0 Å². The van der Waals surface area contributed by atoms with Gasteiger partial charge in [0.15, 0.2) is 0 Å². The van der Waals surface area contributed by atoms with Crippen LogP contribution in [-0.4, -0.2) is 20.8 Å². The molecule has 0 unspecified atom stereocenters. The van der Waals surface area contributed by atoms with Gasteiger partial charge < -0.3 is 0 Å². The summed E-state index contributed by atoms with van der Waals surface area (Å²) in [5.74, 6) is -0.136. The Morgan fingerprint density at radius 2 is 1.73 bits per heavy atom. The molecule has 0 atom stereocenters. The molecule has 0 fully saturated rings. The first-order chi connectivity index (χ1) is 5.15. The summed E-state index contributed by atoms with van der Waals surface area (Å²) in [5.41, 5.74) is 11.0. The first-order valence-corrected chi connectivity index (χ1v) is 4.57. The molecule has 58 valence electrons. The van der Waals surface area contributed by atoms with Crippen molar-refractivity contribution in [1.82, 2.24) is 0 Å². The molecule has 4 nitrogen and oxygen atoms in total. The number of aromatic hydroxyl groups is 1. The summed E-state index contributed by atoms with van der Waals surface area (Å²) in [7, 11) is 0. The second kappa shape index (κ2) is 2.92. The molecule has 0 spiro atoms. The van der Waals surface area contributed by atoms with Gasteiger partial charge in [-0.15, -0.1) is 0 Å². The maximum absolute atomic E-state index is 10.4. The zero-order valence-electron chi connectivity index (χ0n) is 5.61. The number of hydrogen-bond donors (Lipinski definition) is 3. The number of hydrogen-bond acceptors (Lipinski definition) is 4. The molecule has 0 aliphatic carbocycles. The molecule has 0 saturated heterocycles. The molecule has 0 amide bonds. The van der Waals surface area contributed by atoms with Crippen molar-refractivity contribution in [2.45, 2.75) is 0 Å². The number of phenolic OH excluding ortho intramolecular Hbond substituents is 1. The summed E-state index contributed by atoms with van der Waals surface area (Å²) < 4.78 is 11.0. The fraction of sp³-hybridized carbons (Fsp3) is 0. The standard InChI is InChI=1S/C6H7AsN2O2/c8-4-1-3(7-11)2-5(9)6(4)10/h1-2,10H,8-9H2. The van der Waals surface area contributed by atoms with E-state index < -0.39 is 15.7 Å². The van der Waals surface area contributed by atoms with Crippen molar-refractivity contribution >= 4 is 31.4 Å². The van der Waals surface area contributed by atoms with E-state index >= 15 is 0 Å². The summed E-state index contributed by atoms with van der Waals surface area (Å²) in [6.45, 7) is 0. The minimum absolute atomic E-state index is 0.136. The van der Waals surface area contributed by atoms with Crippen LogP contribution in [-0.2, 0) is 3.74 Å². The molecule has 0 aliphatic heterocycles. The van der Waals surface area contributed by atoms with Crippen LogP contribution < -0.4 is 15.8 Å². The van der Waals surface area contributed by atoms with Crippen molar-refractivity contribution in [1.29, 1.82) is 0 Å². The van der Waals surface area contributed by atoms with E-state index in [9.17, 15) is 3.74 Å². The molecule has 11 heavy (non-hydrogen) atoms. The van der Waals surface area contributed by atoms with Gasteiger partial charge in [-0.3, -0.25) is 0 Å². The van der Waals surface area contributed by atoms with Gasteiger partial charge in [-0.25, -0.2) is 0 Å². The second-order valence-electron chi connectivity index (χ2n) is 2.06. The fourth-order valence-electron chi connectivity index (χ4n) is 0.716. The van der Waals surface area contributed by atoms with Gasteiger partial charge >= 0.3 is 69.6 Å². The molecule has 0 radical (unpaired) electrons. The Morgan fingerprint density at radius 1 is 1.27 bits per heavy atom. The molecule has 0 aromatic heterocycles. The zero-order chi connectivity index (χ0) is 8.43. The van der Waals surface area contributed by atoms with Gasteiger partial charge in [0.25, 0.3) is 0 Å². The normalized spacial score (nSPS) is 10.2. The first kappa shape index (κ1) is 8.08. The predicted octanol–water partition coefficient (Wildman–Crippen LogP) is -0.768. The molecular weight excluding hydrogens is 207 g/mol. The van der Waals surface area contributed by atoms with E-state index in [4.69, 9.17) is 16.6 Å². The fourth-order valence-corrected chi connectivity index (χ4v) is 1.52. The minimum atomic E-state index is -1.13. The summed E-state index contributed by atoms with van der Waals surface area (Å²) in [6, 6.07) is 2.91. The third kappa shape index (κ3) is 1.52. The number of rotatable bonds is 1. The van der Waals surface area contributed by atoms with E-state index in [0.29, 0.717) is 4.35 Å². The first-order valence-electron chi connectivity index (χ1n) is 2.86. The molecule has 0 heterocycles. The van der Waals surface area contributed by atoms with Crippen molar-refractivity contribution in [2.24, 2.45) is 0 Å². The Bertz CT molecular complexity index is 278. The van der Waals surface area contributed by atoms with Gasteiger partial charge in [0.1, 0.15) is 0 Å². The van der Waals surface area contributed by atoms with Crippen LogP contribution >= 0.6 is 0 Å². The van der Waals surface area contributed by atoms with Crippen LogP contribution in [0.1, 0.15) is 0 Å². The quantitative estimate of drug-likeness (QED) is 0.325. The number of nitrogens with two attached hydrogens (primary N) is 2. The van der Waals surface area contributed by atoms with Crippen LogP contribution in [0.5, 0.6) is 5.75 Å². The number of benzene rings is 1. The molecule has 0 saturated carbocycles.